The van der Waals surface area contributed by atoms with Gasteiger partial charge in [-0.2, -0.15) is 0 Å². The van der Waals surface area contributed by atoms with Gasteiger partial charge >= 0.3 is 0 Å². The molecule has 1 saturated heterocycles. The largest absolute Gasteiger partial charge is 0.390 e. The van der Waals surface area contributed by atoms with Crippen molar-refractivity contribution in [1.82, 2.24) is 4.98 Å². The molecule has 0 bridgehead atoms. The Morgan fingerprint density at radius 2 is 2.12 bits per heavy atom. The standard InChI is InChI=1S/C12H18N2O2/c1-9-6-14(7-10(2)16-9)12-3-4-13-11(5-12)8-15/h3-5,9-10,15H,6-8H2,1-2H3/t9-,10+. The summed E-state index contributed by atoms with van der Waals surface area (Å²) in [5.74, 6) is 0. The van der Waals surface area contributed by atoms with E-state index in [0.717, 1.165) is 18.8 Å². The summed E-state index contributed by atoms with van der Waals surface area (Å²) < 4.78 is 5.69. The number of aliphatic hydroxyl groups excluding tert-OH is 1. The minimum atomic E-state index is -0.0106. The maximum atomic E-state index is 9.06. The predicted molar refractivity (Wildman–Crippen MR) is 62.4 cm³/mol. The van der Waals surface area contributed by atoms with Crippen molar-refractivity contribution in [3.8, 4) is 0 Å². The minimum absolute atomic E-state index is 0.0106. The van der Waals surface area contributed by atoms with Gasteiger partial charge in [-0.3, -0.25) is 4.98 Å². The number of aliphatic hydroxyl groups is 1. The molecule has 1 aromatic rings. The van der Waals surface area contributed by atoms with Crippen LogP contribution in [0, 0.1) is 0 Å². The topological polar surface area (TPSA) is 45.6 Å². The van der Waals surface area contributed by atoms with E-state index in [1.54, 1.807) is 6.20 Å². The average Bonchev–Trinajstić information content (AvgIpc) is 2.28. The SMILES string of the molecule is C[C@@H]1CN(c2ccnc(CO)c2)C[C@H](C)O1. The van der Waals surface area contributed by atoms with Crippen LogP contribution in [0.1, 0.15) is 19.5 Å². The average molecular weight is 222 g/mol. The van der Waals surface area contributed by atoms with Gasteiger partial charge in [-0.15, -0.1) is 0 Å². The summed E-state index contributed by atoms with van der Waals surface area (Å²) in [5, 5.41) is 9.06. The minimum Gasteiger partial charge on any atom is -0.390 e. The van der Waals surface area contributed by atoms with E-state index in [2.05, 4.69) is 23.7 Å². The molecule has 0 unspecified atom stereocenters. The van der Waals surface area contributed by atoms with Crippen LogP contribution < -0.4 is 4.90 Å². The van der Waals surface area contributed by atoms with Crippen LogP contribution in [0.4, 0.5) is 5.69 Å². The Hall–Kier alpha value is -1.13. The maximum absolute atomic E-state index is 9.06. The third-order valence-corrected chi connectivity index (χ3v) is 2.75. The monoisotopic (exact) mass is 222 g/mol. The zero-order valence-corrected chi connectivity index (χ0v) is 9.76. The van der Waals surface area contributed by atoms with Gasteiger partial charge in [0.1, 0.15) is 0 Å². The Morgan fingerprint density at radius 1 is 1.44 bits per heavy atom. The first-order valence-electron chi connectivity index (χ1n) is 5.65. The molecule has 0 saturated carbocycles. The maximum Gasteiger partial charge on any atom is 0.0853 e. The molecule has 0 radical (unpaired) electrons. The summed E-state index contributed by atoms with van der Waals surface area (Å²) in [4.78, 5) is 6.36. The molecule has 4 nitrogen and oxygen atoms in total. The Labute approximate surface area is 95.9 Å². The third-order valence-electron chi connectivity index (χ3n) is 2.75. The fourth-order valence-corrected chi connectivity index (χ4v) is 2.14. The van der Waals surface area contributed by atoms with Gasteiger partial charge in [-0.1, -0.05) is 0 Å². The summed E-state index contributed by atoms with van der Waals surface area (Å²) in [7, 11) is 0. The van der Waals surface area contributed by atoms with Gasteiger partial charge in [-0.05, 0) is 26.0 Å². The molecule has 0 amide bonds. The smallest absolute Gasteiger partial charge is 0.0853 e. The van der Waals surface area contributed by atoms with E-state index in [9.17, 15) is 0 Å². The van der Waals surface area contributed by atoms with Gasteiger partial charge < -0.3 is 14.7 Å². The Morgan fingerprint density at radius 3 is 2.75 bits per heavy atom. The number of anilines is 1. The fourth-order valence-electron chi connectivity index (χ4n) is 2.14. The highest BCUT2D eigenvalue weighted by Crippen LogP contribution is 2.20. The van der Waals surface area contributed by atoms with Crippen molar-refractivity contribution in [3.05, 3.63) is 24.0 Å². The molecular formula is C12H18N2O2. The van der Waals surface area contributed by atoms with Gasteiger partial charge in [0.15, 0.2) is 0 Å². The second kappa shape index (κ2) is 4.80. The van der Waals surface area contributed by atoms with Crippen molar-refractivity contribution in [1.29, 1.82) is 0 Å². The van der Waals surface area contributed by atoms with Gasteiger partial charge in [-0.25, -0.2) is 0 Å². The number of rotatable bonds is 2. The van der Waals surface area contributed by atoms with E-state index >= 15 is 0 Å². The van der Waals surface area contributed by atoms with Crippen LogP contribution >= 0.6 is 0 Å². The number of nitrogens with zero attached hydrogens (tertiary/aromatic N) is 2. The number of hydrogen-bond acceptors (Lipinski definition) is 4. The van der Waals surface area contributed by atoms with Crippen LogP contribution in [-0.2, 0) is 11.3 Å². The first-order chi connectivity index (χ1) is 7.69. The Bertz CT molecular complexity index is 347. The van der Waals surface area contributed by atoms with Gasteiger partial charge in [0.05, 0.1) is 24.5 Å². The van der Waals surface area contributed by atoms with Crippen LogP contribution in [0.15, 0.2) is 18.3 Å². The van der Waals surface area contributed by atoms with Gasteiger partial charge in [0, 0.05) is 25.0 Å². The number of hydrogen-bond donors (Lipinski definition) is 1. The molecule has 2 atom stereocenters. The molecule has 2 heterocycles. The lowest BCUT2D eigenvalue weighted by atomic mass is 10.2. The van der Waals surface area contributed by atoms with Crippen LogP contribution in [0.25, 0.3) is 0 Å². The lowest BCUT2D eigenvalue weighted by molar-refractivity contribution is -0.00522. The zero-order chi connectivity index (χ0) is 11.5. The van der Waals surface area contributed by atoms with Crippen molar-refractivity contribution >= 4 is 5.69 Å². The van der Waals surface area contributed by atoms with Crippen LogP contribution in [0.3, 0.4) is 0 Å². The number of ether oxygens (including phenoxy) is 1. The van der Waals surface area contributed by atoms with E-state index in [0.29, 0.717) is 5.69 Å². The number of aromatic nitrogens is 1. The van der Waals surface area contributed by atoms with Crippen molar-refractivity contribution in [3.63, 3.8) is 0 Å². The van der Waals surface area contributed by atoms with E-state index < -0.39 is 0 Å². The fraction of sp³-hybridized carbons (Fsp3) is 0.583. The van der Waals surface area contributed by atoms with Crippen molar-refractivity contribution < 1.29 is 9.84 Å². The highest BCUT2D eigenvalue weighted by Gasteiger charge is 2.22. The summed E-state index contributed by atoms with van der Waals surface area (Å²) >= 11 is 0. The molecular weight excluding hydrogens is 204 g/mol. The molecule has 1 aromatic heterocycles. The third kappa shape index (κ3) is 2.51. The first-order valence-corrected chi connectivity index (χ1v) is 5.65. The number of morpholine rings is 1. The molecule has 2 rings (SSSR count). The molecule has 0 aromatic carbocycles. The summed E-state index contributed by atoms with van der Waals surface area (Å²) in [6.07, 6.45) is 2.23. The van der Waals surface area contributed by atoms with Crippen molar-refractivity contribution in [2.45, 2.75) is 32.7 Å². The molecule has 1 aliphatic heterocycles. The first kappa shape index (κ1) is 11.4. The van der Waals surface area contributed by atoms with Crippen molar-refractivity contribution in [2.75, 3.05) is 18.0 Å². The Kier molecular flexibility index (Phi) is 3.41. The van der Waals surface area contributed by atoms with E-state index in [-0.39, 0.29) is 18.8 Å². The second-order valence-electron chi connectivity index (χ2n) is 4.33. The molecule has 1 N–H and O–H groups in total. The molecule has 88 valence electrons. The lowest BCUT2D eigenvalue weighted by Gasteiger charge is -2.36. The van der Waals surface area contributed by atoms with Crippen LogP contribution in [0.2, 0.25) is 0 Å². The van der Waals surface area contributed by atoms with Crippen molar-refractivity contribution in [2.24, 2.45) is 0 Å². The van der Waals surface area contributed by atoms with E-state index in [4.69, 9.17) is 9.84 Å². The Balaban J connectivity index is 2.16. The highest BCUT2D eigenvalue weighted by molar-refractivity contribution is 5.47. The highest BCUT2D eigenvalue weighted by atomic mass is 16.5. The molecule has 1 aliphatic rings. The van der Waals surface area contributed by atoms with E-state index in [1.165, 1.54) is 0 Å². The van der Waals surface area contributed by atoms with Crippen LogP contribution in [-0.4, -0.2) is 35.4 Å². The second-order valence-corrected chi connectivity index (χ2v) is 4.33. The van der Waals surface area contributed by atoms with Gasteiger partial charge in [0.25, 0.3) is 0 Å². The molecule has 1 fully saturated rings. The molecule has 16 heavy (non-hydrogen) atoms. The predicted octanol–water partition coefficient (Wildman–Crippen LogP) is 1.19. The summed E-state index contributed by atoms with van der Waals surface area (Å²) in [6, 6.07) is 3.91. The lowest BCUT2D eigenvalue weighted by Crippen LogP contribution is -2.45. The normalized spacial score (nSPS) is 25.8. The van der Waals surface area contributed by atoms with Gasteiger partial charge in [0.2, 0.25) is 0 Å². The molecule has 0 spiro atoms. The van der Waals surface area contributed by atoms with Crippen LogP contribution in [0.5, 0.6) is 0 Å². The number of pyridine rings is 1. The summed E-state index contributed by atoms with van der Waals surface area (Å²) in [5.41, 5.74) is 1.82. The molecule has 0 aliphatic carbocycles. The molecule has 4 heteroatoms. The van der Waals surface area contributed by atoms with E-state index in [1.807, 2.05) is 12.1 Å². The quantitative estimate of drug-likeness (QED) is 0.816. The summed E-state index contributed by atoms with van der Waals surface area (Å²) in [6.45, 7) is 5.93. The zero-order valence-electron chi connectivity index (χ0n) is 9.76.